The minimum atomic E-state index is 0.504. The Balaban J connectivity index is 1.45. The number of hydrogen-bond acceptors (Lipinski definition) is 10. The first-order valence-electron chi connectivity index (χ1n) is 12.8. The summed E-state index contributed by atoms with van der Waals surface area (Å²) in [5, 5.41) is 3.40. The number of methoxy groups -OCH3 is 3. The molecule has 0 unspecified atom stereocenters. The Kier molecular flexibility index (Phi) is 7.02. The van der Waals surface area contributed by atoms with E-state index >= 15 is 0 Å². The van der Waals surface area contributed by atoms with Crippen LogP contribution in [0.3, 0.4) is 0 Å². The zero-order valence-electron chi connectivity index (χ0n) is 22.5. The number of morpholine rings is 1. The first-order chi connectivity index (χ1) is 19.7. The number of fused-ring (bicyclic) bond motifs is 1. The van der Waals surface area contributed by atoms with Crippen LogP contribution in [0, 0.1) is 0 Å². The van der Waals surface area contributed by atoms with Crippen LogP contribution in [0.15, 0.2) is 67.1 Å². The van der Waals surface area contributed by atoms with Crippen molar-refractivity contribution in [1.82, 2.24) is 24.5 Å². The van der Waals surface area contributed by atoms with E-state index in [1.165, 1.54) is 0 Å². The highest BCUT2D eigenvalue weighted by Gasteiger charge is 2.19. The molecule has 1 N–H and O–H groups in total. The number of anilines is 3. The van der Waals surface area contributed by atoms with Crippen molar-refractivity contribution in [3.63, 3.8) is 0 Å². The Morgan fingerprint density at radius 2 is 1.60 bits per heavy atom. The molecule has 1 saturated heterocycles. The summed E-state index contributed by atoms with van der Waals surface area (Å²) in [5.74, 6) is 3.49. The quantitative estimate of drug-likeness (QED) is 0.303. The van der Waals surface area contributed by atoms with Gasteiger partial charge in [-0.05, 0) is 24.3 Å². The molecule has 0 amide bonds. The SMILES string of the molecule is COc1cc(Nc2nc(-c3ccc(N4CCOCC4)nc3)nc3c2ncn3-c2ccccc2)cc(OC)c1OC. The lowest BCUT2D eigenvalue weighted by atomic mass is 10.2. The van der Waals surface area contributed by atoms with Crippen molar-refractivity contribution in [3.8, 4) is 34.3 Å². The molecule has 1 aliphatic rings. The van der Waals surface area contributed by atoms with Crippen LogP contribution in [0.25, 0.3) is 28.2 Å². The number of imidazole rings is 1. The molecule has 11 heteroatoms. The van der Waals surface area contributed by atoms with Gasteiger partial charge >= 0.3 is 0 Å². The number of benzene rings is 2. The van der Waals surface area contributed by atoms with Gasteiger partial charge in [0, 0.05) is 48.4 Å². The van der Waals surface area contributed by atoms with Crippen molar-refractivity contribution in [2.75, 3.05) is 57.8 Å². The smallest absolute Gasteiger partial charge is 0.203 e. The lowest BCUT2D eigenvalue weighted by Crippen LogP contribution is -2.36. The molecule has 0 aliphatic carbocycles. The highest BCUT2D eigenvalue weighted by molar-refractivity contribution is 5.88. The molecule has 0 atom stereocenters. The fourth-order valence-electron chi connectivity index (χ4n) is 4.68. The Morgan fingerprint density at radius 1 is 0.850 bits per heavy atom. The number of pyridine rings is 1. The average Bonchev–Trinajstić information content (AvgIpc) is 3.46. The Hall–Kier alpha value is -4.90. The third-order valence-corrected chi connectivity index (χ3v) is 6.70. The van der Waals surface area contributed by atoms with Gasteiger partial charge in [0.05, 0.1) is 34.5 Å². The second-order valence-corrected chi connectivity index (χ2v) is 9.06. The topological polar surface area (TPSA) is 109 Å². The standard InChI is InChI=1S/C29H29N7O4/c1-37-22-15-20(16-23(38-2)26(22)39-3)32-28-25-29(36(18-31-25)21-7-5-4-6-8-21)34-27(33-28)19-9-10-24(30-17-19)35-11-13-40-14-12-35/h4-10,15-18H,11-14H2,1-3H3,(H,32,33,34). The minimum absolute atomic E-state index is 0.504. The molecular formula is C29H29N7O4. The molecule has 1 fully saturated rings. The second kappa shape index (κ2) is 11.1. The monoisotopic (exact) mass is 539 g/mol. The molecule has 3 aromatic heterocycles. The van der Waals surface area contributed by atoms with Crippen molar-refractivity contribution in [3.05, 3.63) is 67.1 Å². The number of nitrogens with one attached hydrogen (secondary N) is 1. The summed E-state index contributed by atoms with van der Waals surface area (Å²) in [6.45, 7) is 3.02. The molecule has 0 saturated carbocycles. The fraction of sp³-hybridized carbons (Fsp3) is 0.241. The van der Waals surface area contributed by atoms with Gasteiger partial charge in [-0.2, -0.15) is 0 Å². The van der Waals surface area contributed by atoms with Crippen LogP contribution in [0.5, 0.6) is 17.2 Å². The van der Waals surface area contributed by atoms with Gasteiger partial charge in [0.2, 0.25) is 5.75 Å². The second-order valence-electron chi connectivity index (χ2n) is 9.06. The van der Waals surface area contributed by atoms with Gasteiger partial charge in [0.25, 0.3) is 0 Å². The molecule has 6 rings (SSSR count). The Morgan fingerprint density at radius 3 is 2.25 bits per heavy atom. The predicted octanol–water partition coefficient (Wildman–Crippen LogP) is 4.48. The average molecular weight is 540 g/mol. The summed E-state index contributed by atoms with van der Waals surface area (Å²) in [6, 6.07) is 17.6. The van der Waals surface area contributed by atoms with Crippen molar-refractivity contribution in [1.29, 1.82) is 0 Å². The first-order valence-corrected chi connectivity index (χ1v) is 12.8. The van der Waals surface area contributed by atoms with Crippen molar-refractivity contribution in [2.24, 2.45) is 0 Å². The van der Waals surface area contributed by atoms with Gasteiger partial charge in [0.1, 0.15) is 12.1 Å². The molecule has 0 spiro atoms. The summed E-state index contributed by atoms with van der Waals surface area (Å²) in [6.07, 6.45) is 3.55. The van der Waals surface area contributed by atoms with Crippen LogP contribution < -0.4 is 24.4 Å². The van der Waals surface area contributed by atoms with Gasteiger partial charge in [-0.15, -0.1) is 0 Å². The van der Waals surface area contributed by atoms with E-state index in [4.69, 9.17) is 33.9 Å². The lowest BCUT2D eigenvalue weighted by Gasteiger charge is -2.27. The van der Waals surface area contributed by atoms with Gasteiger partial charge in [-0.1, -0.05) is 18.2 Å². The number of aromatic nitrogens is 5. The maximum atomic E-state index is 5.54. The zero-order chi connectivity index (χ0) is 27.5. The highest BCUT2D eigenvalue weighted by Crippen LogP contribution is 2.41. The molecule has 1 aliphatic heterocycles. The summed E-state index contributed by atoms with van der Waals surface area (Å²) >= 11 is 0. The van der Waals surface area contributed by atoms with E-state index in [0.717, 1.165) is 30.2 Å². The molecule has 2 aromatic carbocycles. The van der Waals surface area contributed by atoms with E-state index in [-0.39, 0.29) is 0 Å². The van der Waals surface area contributed by atoms with Crippen LogP contribution in [-0.2, 0) is 4.74 Å². The molecule has 4 heterocycles. The Labute approximate surface area is 231 Å². The van der Waals surface area contributed by atoms with Gasteiger partial charge in [-0.3, -0.25) is 4.57 Å². The highest BCUT2D eigenvalue weighted by atomic mass is 16.5. The molecule has 204 valence electrons. The number of rotatable bonds is 8. The molecule has 40 heavy (non-hydrogen) atoms. The minimum Gasteiger partial charge on any atom is -0.493 e. The fourth-order valence-corrected chi connectivity index (χ4v) is 4.68. The van der Waals surface area contributed by atoms with Gasteiger partial charge in [-0.25, -0.2) is 19.9 Å². The predicted molar refractivity (Wildman–Crippen MR) is 152 cm³/mol. The lowest BCUT2D eigenvalue weighted by molar-refractivity contribution is 0.122. The van der Waals surface area contributed by atoms with Crippen LogP contribution in [0.4, 0.5) is 17.3 Å². The van der Waals surface area contributed by atoms with E-state index in [1.807, 2.05) is 59.2 Å². The van der Waals surface area contributed by atoms with Crippen LogP contribution >= 0.6 is 0 Å². The largest absolute Gasteiger partial charge is 0.493 e. The van der Waals surface area contributed by atoms with E-state index in [9.17, 15) is 0 Å². The van der Waals surface area contributed by atoms with E-state index in [0.29, 0.717) is 59.0 Å². The third kappa shape index (κ3) is 4.82. The number of nitrogens with zero attached hydrogens (tertiary/aromatic N) is 6. The summed E-state index contributed by atoms with van der Waals surface area (Å²) in [7, 11) is 4.73. The number of para-hydroxylation sites is 1. The van der Waals surface area contributed by atoms with Crippen molar-refractivity contribution >= 4 is 28.5 Å². The molecular weight excluding hydrogens is 510 g/mol. The molecule has 5 aromatic rings. The number of hydrogen-bond donors (Lipinski definition) is 1. The van der Waals surface area contributed by atoms with Crippen LogP contribution in [-0.4, -0.2) is 72.1 Å². The molecule has 0 radical (unpaired) electrons. The zero-order valence-corrected chi connectivity index (χ0v) is 22.5. The van der Waals surface area contributed by atoms with E-state index < -0.39 is 0 Å². The van der Waals surface area contributed by atoms with E-state index in [1.54, 1.807) is 33.9 Å². The maximum absolute atomic E-state index is 5.54. The molecule has 11 nitrogen and oxygen atoms in total. The normalized spacial score (nSPS) is 13.3. The number of ether oxygens (including phenoxy) is 4. The maximum Gasteiger partial charge on any atom is 0.203 e. The summed E-state index contributed by atoms with van der Waals surface area (Å²) in [5.41, 5.74) is 3.68. The van der Waals surface area contributed by atoms with Gasteiger partial charge < -0.3 is 29.2 Å². The van der Waals surface area contributed by atoms with Crippen molar-refractivity contribution in [2.45, 2.75) is 0 Å². The Bertz CT molecular complexity index is 1590. The summed E-state index contributed by atoms with van der Waals surface area (Å²) < 4.78 is 24.0. The summed E-state index contributed by atoms with van der Waals surface area (Å²) in [4.78, 5) is 21.4. The van der Waals surface area contributed by atoms with Crippen molar-refractivity contribution < 1.29 is 18.9 Å². The van der Waals surface area contributed by atoms with Crippen LogP contribution in [0.2, 0.25) is 0 Å². The molecule has 0 bridgehead atoms. The first kappa shape index (κ1) is 25.4. The van der Waals surface area contributed by atoms with Crippen LogP contribution in [0.1, 0.15) is 0 Å². The third-order valence-electron chi connectivity index (χ3n) is 6.70. The van der Waals surface area contributed by atoms with E-state index in [2.05, 4.69) is 15.2 Å². The van der Waals surface area contributed by atoms with Gasteiger partial charge in [0.15, 0.2) is 34.3 Å².